The minimum Gasteiger partial charge on any atom is -0.444 e. The zero-order valence-corrected chi connectivity index (χ0v) is 12.1. The molecule has 124 valence electrons. The van der Waals surface area contributed by atoms with E-state index in [0.29, 0.717) is 0 Å². The van der Waals surface area contributed by atoms with Crippen LogP contribution in [0.2, 0.25) is 0 Å². The van der Waals surface area contributed by atoms with Crippen LogP contribution >= 0.6 is 0 Å². The van der Waals surface area contributed by atoms with Crippen LogP contribution in [0, 0.1) is 0 Å². The van der Waals surface area contributed by atoms with Crippen LogP contribution in [0.1, 0.15) is 20.8 Å². The van der Waals surface area contributed by atoms with Crippen LogP contribution in [0.5, 0.6) is 0 Å². The fourth-order valence-electron chi connectivity index (χ4n) is 1.79. The van der Waals surface area contributed by atoms with Crippen molar-refractivity contribution in [2.75, 3.05) is 32.7 Å². The molecule has 1 fully saturated rings. The summed E-state index contributed by atoms with van der Waals surface area (Å²) in [6.45, 7) is 3.68. The number of rotatable bonds is 2. The molecule has 0 aromatic carbocycles. The van der Waals surface area contributed by atoms with E-state index < -0.39 is 30.3 Å². The zero-order valence-electron chi connectivity index (χ0n) is 12.1. The number of carbonyl (C=O) groups is 1. The van der Waals surface area contributed by atoms with Crippen LogP contribution in [-0.2, 0) is 4.74 Å². The summed E-state index contributed by atoms with van der Waals surface area (Å²) in [5.74, 6) is -4.75. The molecular weight excluding hydrogens is 299 g/mol. The van der Waals surface area contributed by atoms with Gasteiger partial charge >= 0.3 is 18.2 Å². The minimum absolute atomic E-state index is 0.0507. The van der Waals surface area contributed by atoms with Crippen molar-refractivity contribution in [2.45, 2.75) is 38.5 Å². The van der Waals surface area contributed by atoms with Crippen molar-refractivity contribution in [3.05, 3.63) is 0 Å². The molecule has 1 heterocycles. The monoisotopic (exact) mass is 318 g/mol. The van der Waals surface area contributed by atoms with Gasteiger partial charge in [-0.3, -0.25) is 4.90 Å². The van der Waals surface area contributed by atoms with Crippen molar-refractivity contribution >= 4 is 6.09 Å². The van der Waals surface area contributed by atoms with Crippen molar-refractivity contribution in [3.63, 3.8) is 0 Å². The van der Waals surface area contributed by atoms with Crippen LogP contribution in [0.15, 0.2) is 0 Å². The summed E-state index contributed by atoms with van der Waals surface area (Å²) in [6, 6.07) is 0. The van der Waals surface area contributed by atoms with Crippen molar-refractivity contribution in [1.82, 2.24) is 9.80 Å². The molecule has 4 nitrogen and oxygen atoms in total. The molecule has 0 aromatic heterocycles. The van der Waals surface area contributed by atoms with Gasteiger partial charge < -0.3 is 9.64 Å². The highest BCUT2D eigenvalue weighted by molar-refractivity contribution is 5.68. The molecule has 0 bridgehead atoms. The third kappa shape index (κ3) is 5.29. The second kappa shape index (κ2) is 5.94. The molecule has 0 N–H and O–H groups in total. The average Bonchev–Trinajstić information content (AvgIpc) is 2.25. The number of hydrogen-bond donors (Lipinski definition) is 0. The van der Waals surface area contributed by atoms with E-state index in [0.717, 1.165) is 4.90 Å². The Balaban J connectivity index is 2.48. The molecule has 0 aliphatic carbocycles. The molecule has 0 unspecified atom stereocenters. The largest absolute Gasteiger partial charge is 0.454 e. The molecule has 9 heteroatoms. The maximum Gasteiger partial charge on any atom is 0.454 e. The summed E-state index contributed by atoms with van der Waals surface area (Å²) in [5.41, 5.74) is -0.683. The van der Waals surface area contributed by atoms with Crippen molar-refractivity contribution < 1.29 is 31.5 Å². The number of alkyl halides is 5. The van der Waals surface area contributed by atoms with Crippen molar-refractivity contribution in [3.8, 4) is 0 Å². The third-order valence-corrected chi connectivity index (χ3v) is 2.86. The van der Waals surface area contributed by atoms with Crippen molar-refractivity contribution in [2.24, 2.45) is 0 Å². The number of nitrogens with zero attached hydrogens (tertiary/aromatic N) is 2. The molecule has 1 aliphatic rings. The highest BCUT2D eigenvalue weighted by Gasteiger charge is 2.58. The van der Waals surface area contributed by atoms with Gasteiger partial charge in [0.1, 0.15) is 5.60 Å². The molecule has 1 amide bonds. The number of ether oxygens (including phenoxy) is 1. The second-order valence-electron chi connectivity index (χ2n) is 5.95. The van der Waals surface area contributed by atoms with E-state index in [9.17, 15) is 26.7 Å². The number of piperazine rings is 1. The van der Waals surface area contributed by atoms with E-state index in [-0.39, 0.29) is 26.2 Å². The van der Waals surface area contributed by atoms with Gasteiger partial charge in [0, 0.05) is 26.2 Å². The smallest absolute Gasteiger partial charge is 0.444 e. The standard InChI is InChI=1S/C12H19F5N2O2/c1-10(2,3)21-9(20)19-6-4-18(5-7-19)8-11(13,14)12(15,16)17/h4-8H2,1-3H3. The zero-order chi connectivity index (χ0) is 16.5. The lowest BCUT2D eigenvalue weighted by Crippen LogP contribution is -2.54. The second-order valence-corrected chi connectivity index (χ2v) is 5.95. The Hall–Kier alpha value is -1.12. The first-order valence-corrected chi connectivity index (χ1v) is 6.47. The lowest BCUT2D eigenvalue weighted by atomic mass is 10.2. The molecule has 1 saturated heterocycles. The Labute approximate surface area is 119 Å². The molecule has 0 aromatic rings. The summed E-state index contributed by atoms with van der Waals surface area (Å²) < 4.78 is 67.3. The Kier molecular flexibility index (Phi) is 5.07. The van der Waals surface area contributed by atoms with Gasteiger partial charge in [-0.2, -0.15) is 22.0 Å². The van der Waals surface area contributed by atoms with E-state index in [2.05, 4.69) is 0 Å². The quantitative estimate of drug-likeness (QED) is 0.734. The molecule has 0 radical (unpaired) electrons. The van der Waals surface area contributed by atoms with Gasteiger partial charge in [-0.1, -0.05) is 0 Å². The molecule has 0 saturated carbocycles. The van der Waals surface area contributed by atoms with Crippen LogP contribution in [0.4, 0.5) is 26.7 Å². The van der Waals surface area contributed by atoms with E-state index >= 15 is 0 Å². The molecular formula is C12H19F5N2O2. The minimum atomic E-state index is -5.56. The Morgan fingerprint density at radius 1 is 1.00 bits per heavy atom. The van der Waals surface area contributed by atoms with Gasteiger partial charge in [0.25, 0.3) is 0 Å². The Morgan fingerprint density at radius 2 is 1.48 bits per heavy atom. The van der Waals surface area contributed by atoms with Gasteiger partial charge in [-0.25, -0.2) is 4.79 Å². The first-order chi connectivity index (χ1) is 9.32. The molecule has 21 heavy (non-hydrogen) atoms. The maximum absolute atomic E-state index is 12.9. The third-order valence-electron chi connectivity index (χ3n) is 2.86. The number of amides is 1. The Morgan fingerprint density at radius 3 is 1.86 bits per heavy atom. The molecule has 0 atom stereocenters. The summed E-state index contributed by atoms with van der Waals surface area (Å²) in [5, 5.41) is 0. The summed E-state index contributed by atoms with van der Waals surface area (Å²) in [4.78, 5) is 14.0. The lowest BCUT2D eigenvalue weighted by molar-refractivity contribution is -0.287. The molecule has 1 rings (SSSR count). The lowest BCUT2D eigenvalue weighted by Gasteiger charge is -2.37. The fourth-order valence-corrected chi connectivity index (χ4v) is 1.79. The predicted molar refractivity (Wildman–Crippen MR) is 65.2 cm³/mol. The van der Waals surface area contributed by atoms with Crippen LogP contribution in [-0.4, -0.2) is 66.3 Å². The molecule has 0 spiro atoms. The van der Waals surface area contributed by atoms with Gasteiger partial charge in [0.15, 0.2) is 0 Å². The Bertz CT molecular complexity index is 371. The average molecular weight is 318 g/mol. The number of carbonyl (C=O) groups excluding carboxylic acids is 1. The van der Waals surface area contributed by atoms with Gasteiger partial charge in [-0.05, 0) is 20.8 Å². The molecule has 1 aliphatic heterocycles. The first-order valence-electron chi connectivity index (χ1n) is 6.47. The maximum atomic E-state index is 12.9. The van der Waals surface area contributed by atoms with Crippen LogP contribution in [0.25, 0.3) is 0 Å². The summed E-state index contributed by atoms with van der Waals surface area (Å²) in [6.07, 6.45) is -6.15. The normalized spacial score (nSPS) is 18.8. The fraction of sp³-hybridized carbons (Fsp3) is 0.917. The van der Waals surface area contributed by atoms with Gasteiger partial charge in [-0.15, -0.1) is 0 Å². The predicted octanol–water partition coefficient (Wildman–Crippen LogP) is 2.74. The van der Waals surface area contributed by atoms with Crippen LogP contribution < -0.4 is 0 Å². The van der Waals surface area contributed by atoms with E-state index in [1.165, 1.54) is 4.90 Å². The number of hydrogen-bond acceptors (Lipinski definition) is 3. The SMILES string of the molecule is CC(C)(C)OC(=O)N1CCN(CC(F)(F)C(F)(F)F)CC1. The summed E-state index contributed by atoms with van der Waals surface area (Å²) >= 11 is 0. The van der Waals surface area contributed by atoms with Gasteiger partial charge in [0.2, 0.25) is 0 Å². The van der Waals surface area contributed by atoms with Crippen LogP contribution in [0.3, 0.4) is 0 Å². The highest BCUT2D eigenvalue weighted by Crippen LogP contribution is 2.36. The van der Waals surface area contributed by atoms with E-state index in [1.807, 2.05) is 0 Å². The van der Waals surface area contributed by atoms with Crippen molar-refractivity contribution in [1.29, 1.82) is 0 Å². The van der Waals surface area contributed by atoms with E-state index in [4.69, 9.17) is 4.74 Å². The number of halogens is 5. The topological polar surface area (TPSA) is 32.8 Å². The highest BCUT2D eigenvalue weighted by atomic mass is 19.4. The summed E-state index contributed by atoms with van der Waals surface area (Å²) in [7, 11) is 0. The van der Waals surface area contributed by atoms with Gasteiger partial charge in [0.05, 0.1) is 6.54 Å². The van der Waals surface area contributed by atoms with E-state index in [1.54, 1.807) is 20.8 Å². The first kappa shape index (κ1) is 17.9.